The quantitative estimate of drug-likeness (QED) is 0.461. The van der Waals surface area contributed by atoms with Crippen LogP contribution in [0.5, 0.6) is 0 Å². The third-order valence-electron chi connectivity index (χ3n) is 3.78. The summed E-state index contributed by atoms with van der Waals surface area (Å²) in [5.41, 5.74) is 2.66. The van der Waals surface area contributed by atoms with E-state index >= 15 is 0 Å². The predicted octanol–water partition coefficient (Wildman–Crippen LogP) is 5.05. The molecule has 0 radical (unpaired) electrons. The highest BCUT2D eigenvalue weighted by Gasteiger charge is 2.27. The molecule has 122 valence electrons. The molecule has 1 aliphatic rings. The molecule has 0 N–H and O–H groups in total. The Hall–Kier alpha value is -2.92. The Kier molecular flexibility index (Phi) is 4.07. The molecule has 0 spiro atoms. The first-order valence-corrected chi connectivity index (χ1v) is 8.42. The predicted molar refractivity (Wildman–Crippen MR) is 98.9 cm³/mol. The summed E-state index contributed by atoms with van der Waals surface area (Å²) in [6.07, 6.45) is 1.66. The molecule has 5 heteroatoms. The number of oxime groups is 1. The van der Waals surface area contributed by atoms with Crippen molar-refractivity contribution in [3.05, 3.63) is 88.1 Å². The number of nitrogens with zero attached hydrogens (tertiary/aromatic N) is 1. The van der Waals surface area contributed by atoms with Crippen molar-refractivity contribution < 1.29 is 14.0 Å². The minimum Gasteiger partial charge on any atom is -0.457 e. The Morgan fingerprint density at radius 1 is 0.880 bits per heavy atom. The van der Waals surface area contributed by atoms with E-state index in [1.165, 1.54) is 0 Å². The molecule has 2 aromatic carbocycles. The Morgan fingerprint density at radius 2 is 1.64 bits per heavy atom. The van der Waals surface area contributed by atoms with Gasteiger partial charge in [0.15, 0.2) is 0 Å². The molecule has 1 aromatic heterocycles. The topological polar surface area (TPSA) is 51.8 Å². The fraction of sp³-hybridized carbons (Fsp3) is 0. The van der Waals surface area contributed by atoms with Crippen LogP contribution in [-0.4, -0.2) is 11.7 Å². The van der Waals surface area contributed by atoms with E-state index in [1.54, 1.807) is 6.08 Å². The molecule has 2 heterocycles. The van der Waals surface area contributed by atoms with Gasteiger partial charge in [-0.1, -0.05) is 63.6 Å². The lowest BCUT2D eigenvalue weighted by Crippen LogP contribution is -2.06. The highest BCUT2D eigenvalue weighted by Crippen LogP contribution is 2.26. The summed E-state index contributed by atoms with van der Waals surface area (Å²) in [6, 6.07) is 20.9. The van der Waals surface area contributed by atoms with E-state index in [4.69, 9.17) is 9.25 Å². The summed E-state index contributed by atoms with van der Waals surface area (Å²) in [5, 5.41) is 3.89. The number of carbonyl (C=O) groups excluding carboxylic acids is 1. The zero-order chi connectivity index (χ0) is 17.2. The maximum atomic E-state index is 12.0. The minimum absolute atomic E-state index is 0.378. The average Bonchev–Trinajstić information content (AvgIpc) is 3.24. The van der Waals surface area contributed by atoms with Crippen molar-refractivity contribution in [2.45, 2.75) is 0 Å². The Balaban J connectivity index is 1.67. The summed E-state index contributed by atoms with van der Waals surface area (Å²) >= 11 is 3.41. The molecular formula is C20H12BrNO3. The van der Waals surface area contributed by atoms with E-state index < -0.39 is 5.97 Å². The SMILES string of the molecule is O=C1ON=C(c2ccccc2)/C1=C\c1ccc(-c2ccc(Br)cc2)o1. The molecule has 0 amide bonds. The van der Waals surface area contributed by atoms with Crippen molar-refractivity contribution >= 4 is 33.7 Å². The van der Waals surface area contributed by atoms with Crippen LogP contribution in [0, 0.1) is 0 Å². The molecule has 0 atom stereocenters. The largest absolute Gasteiger partial charge is 0.457 e. The van der Waals surface area contributed by atoms with Crippen LogP contribution in [0.25, 0.3) is 17.4 Å². The number of rotatable bonds is 3. The van der Waals surface area contributed by atoms with Crippen molar-refractivity contribution in [1.82, 2.24) is 0 Å². The van der Waals surface area contributed by atoms with E-state index in [1.807, 2.05) is 66.7 Å². The van der Waals surface area contributed by atoms with Crippen molar-refractivity contribution in [2.24, 2.45) is 5.16 Å². The van der Waals surface area contributed by atoms with Crippen LogP contribution in [-0.2, 0) is 9.63 Å². The van der Waals surface area contributed by atoms with E-state index in [2.05, 4.69) is 21.1 Å². The molecule has 0 unspecified atom stereocenters. The van der Waals surface area contributed by atoms with Gasteiger partial charge in [-0.2, -0.15) is 0 Å². The van der Waals surface area contributed by atoms with E-state index in [-0.39, 0.29) is 0 Å². The van der Waals surface area contributed by atoms with Crippen molar-refractivity contribution in [2.75, 3.05) is 0 Å². The Labute approximate surface area is 152 Å². The molecule has 25 heavy (non-hydrogen) atoms. The van der Waals surface area contributed by atoms with Crippen LogP contribution in [0.1, 0.15) is 11.3 Å². The molecule has 4 nitrogen and oxygen atoms in total. The number of hydrogen-bond donors (Lipinski definition) is 0. The fourth-order valence-electron chi connectivity index (χ4n) is 2.56. The number of halogens is 1. The van der Waals surface area contributed by atoms with Gasteiger partial charge in [0.05, 0.1) is 5.57 Å². The van der Waals surface area contributed by atoms with Gasteiger partial charge in [0.2, 0.25) is 0 Å². The maximum Gasteiger partial charge on any atom is 0.368 e. The molecule has 4 rings (SSSR count). The van der Waals surface area contributed by atoms with Crippen molar-refractivity contribution in [3.63, 3.8) is 0 Å². The fourth-order valence-corrected chi connectivity index (χ4v) is 2.82. The minimum atomic E-state index is -0.486. The van der Waals surface area contributed by atoms with E-state index in [0.717, 1.165) is 21.4 Å². The third-order valence-corrected chi connectivity index (χ3v) is 4.31. The first kappa shape index (κ1) is 15.6. The normalized spacial score (nSPS) is 15.3. The lowest BCUT2D eigenvalue weighted by Gasteiger charge is -1.99. The first-order chi connectivity index (χ1) is 12.2. The molecule has 0 saturated heterocycles. The van der Waals surface area contributed by atoms with Gasteiger partial charge in [-0.15, -0.1) is 0 Å². The van der Waals surface area contributed by atoms with Crippen molar-refractivity contribution in [1.29, 1.82) is 0 Å². The molecule has 0 saturated carbocycles. The van der Waals surface area contributed by atoms with Crippen LogP contribution in [0.4, 0.5) is 0 Å². The third kappa shape index (κ3) is 3.19. The van der Waals surface area contributed by atoms with Crippen LogP contribution < -0.4 is 0 Å². The highest BCUT2D eigenvalue weighted by molar-refractivity contribution is 9.10. The Morgan fingerprint density at radius 3 is 2.40 bits per heavy atom. The van der Waals surface area contributed by atoms with Crippen LogP contribution >= 0.6 is 15.9 Å². The standard InChI is InChI=1S/C20H12BrNO3/c21-15-8-6-13(7-9-15)18-11-10-16(24-18)12-17-19(22-25-20(17)23)14-4-2-1-3-5-14/h1-12H/b17-12+. The summed E-state index contributed by atoms with van der Waals surface area (Å²) in [5.74, 6) is 0.805. The summed E-state index contributed by atoms with van der Waals surface area (Å²) in [4.78, 5) is 16.9. The number of carbonyl (C=O) groups is 1. The van der Waals surface area contributed by atoms with E-state index in [9.17, 15) is 4.79 Å². The van der Waals surface area contributed by atoms with Gasteiger partial charge < -0.3 is 9.25 Å². The second-order valence-corrected chi connectivity index (χ2v) is 6.37. The molecule has 0 aliphatic carbocycles. The van der Waals surface area contributed by atoms with Gasteiger partial charge in [0.1, 0.15) is 17.2 Å². The zero-order valence-corrected chi connectivity index (χ0v) is 14.6. The number of furan rings is 1. The highest BCUT2D eigenvalue weighted by atomic mass is 79.9. The molecule has 0 fully saturated rings. The molecule has 0 bridgehead atoms. The van der Waals surface area contributed by atoms with Crippen LogP contribution in [0.2, 0.25) is 0 Å². The van der Waals surface area contributed by atoms with Gasteiger partial charge in [-0.3, -0.25) is 0 Å². The zero-order valence-electron chi connectivity index (χ0n) is 13.0. The van der Waals surface area contributed by atoms with Crippen molar-refractivity contribution in [3.8, 4) is 11.3 Å². The van der Waals surface area contributed by atoms with Crippen LogP contribution in [0.3, 0.4) is 0 Å². The summed E-state index contributed by atoms with van der Waals surface area (Å²) in [7, 11) is 0. The monoisotopic (exact) mass is 393 g/mol. The lowest BCUT2D eigenvalue weighted by atomic mass is 10.0. The molecular weight excluding hydrogens is 382 g/mol. The number of benzene rings is 2. The summed E-state index contributed by atoms with van der Waals surface area (Å²) < 4.78 is 6.85. The van der Waals surface area contributed by atoms with Gasteiger partial charge in [-0.25, -0.2) is 4.79 Å². The number of hydrogen-bond acceptors (Lipinski definition) is 4. The second-order valence-electron chi connectivity index (χ2n) is 5.45. The van der Waals surface area contributed by atoms with Gasteiger partial charge in [0.25, 0.3) is 0 Å². The van der Waals surface area contributed by atoms with Gasteiger partial charge in [-0.05, 0) is 30.3 Å². The maximum absolute atomic E-state index is 12.0. The van der Waals surface area contributed by atoms with E-state index in [0.29, 0.717) is 17.0 Å². The van der Waals surface area contributed by atoms with Crippen LogP contribution in [0.15, 0.2) is 86.3 Å². The lowest BCUT2D eigenvalue weighted by molar-refractivity contribution is -0.136. The van der Waals surface area contributed by atoms with Gasteiger partial charge >= 0.3 is 5.97 Å². The molecule has 1 aliphatic heterocycles. The van der Waals surface area contributed by atoms with Gasteiger partial charge in [0, 0.05) is 15.6 Å². The molecule has 3 aromatic rings. The average molecular weight is 394 g/mol. The smallest absolute Gasteiger partial charge is 0.368 e. The summed E-state index contributed by atoms with van der Waals surface area (Å²) in [6.45, 7) is 0. The first-order valence-electron chi connectivity index (χ1n) is 7.63. The second kappa shape index (κ2) is 6.53. The Bertz CT molecular complexity index is 985.